The van der Waals surface area contributed by atoms with Crippen molar-refractivity contribution >= 4 is 27.2 Å². The molecule has 0 fully saturated rings. The van der Waals surface area contributed by atoms with E-state index < -0.39 is 22.0 Å². The highest BCUT2D eigenvalue weighted by atomic mass is 32.2. The van der Waals surface area contributed by atoms with Crippen LogP contribution in [0.1, 0.15) is 29.7 Å². The molecule has 6 nitrogen and oxygen atoms in total. The number of fused-ring (bicyclic) bond motifs is 1. The Morgan fingerprint density at radius 3 is 2.22 bits per heavy atom. The first-order valence-corrected chi connectivity index (χ1v) is 11.6. The van der Waals surface area contributed by atoms with Crippen LogP contribution in [0.2, 0.25) is 0 Å². The highest BCUT2D eigenvalue weighted by molar-refractivity contribution is 7.97. The Morgan fingerprint density at radius 1 is 0.938 bits per heavy atom. The first kappa shape index (κ1) is 21.6. The van der Waals surface area contributed by atoms with Gasteiger partial charge >= 0.3 is 0 Å². The lowest BCUT2D eigenvalue weighted by Crippen LogP contribution is -2.40. The van der Waals surface area contributed by atoms with Crippen molar-refractivity contribution in [2.24, 2.45) is 0 Å². The molecule has 7 heteroatoms. The van der Waals surface area contributed by atoms with E-state index in [1.54, 1.807) is 31.4 Å². The second-order valence-corrected chi connectivity index (χ2v) is 9.43. The molecule has 0 aromatic heterocycles. The summed E-state index contributed by atoms with van der Waals surface area (Å²) in [6.07, 6.45) is 0. The maximum atomic E-state index is 13.5. The number of ether oxygens (including phenoxy) is 1. The van der Waals surface area contributed by atoms with Crippen LogP contribution in [-0.4, -0.2) is 28.5 Å². The first-order valence-electron chi connectivity index (χ1n) is 10.2. The average Bonchev–Trinajstić information content (AvgIpc) is 2.81. The van der Waals surface area contributed by atoms with E-state index in [0.717, 1.165) is 5.56 Å². The van der Waals surface area contributed by atoms with Crippen molar-refractivity contribution in [1.29, 1.82) is 0 Å². The van der Waals surface area contributed by atoms with E-state index >= 15 is 0 Å². The van der Waals surface area contributed by atoms with Crippen LogP contribution in [0.25, 0.3) is 5.57 Å². The summed E-state index contributed by atoms with van der Waals surface area (Å²) in [5.74, 6) is 0.0583. The average molecular weight is 449 g/mol. The molecular formula is C25H24N2O4S. The van der Waals surface area contributed by atoms with Gasteiger partial charge in [-0.1, -0.05) is 60.7 Å². The zero-order valence-corrected chi connectivity index (χ0v) is 18.9. The van der Waals surface area contributed by atoms with Crippen molar-refractivity contribution in [1.82, 2.24) is 5.32 Å². The van der Waals surface area contributed by atoms with Gasteiger partial charge < -0.3 is 10.1 Å². The molecule has 1 aliphatic rings. The number of amides is 1. The third-order valence-corrected chi connectivity index (χ3v) is 7.41. The Labute approximate surface area is 188 Å². The van der Waals surface area contributed by atoms with Gasteiger partial charge in [0.2, 0.25) is 0 Å². The van der Waals surface area contributed by atoms with Crippen molar-refractivity contribution in [3.63, 3.8) is 0 Å². The molecule has 164 valence electrons. The molecule has 1 N–H and O–H groups in total. The van der Waals surface area contributed by atoms with E-state index in [1.807, 2.05) is 61.5 Å². The minimum Gasteiger partial charge on any atom is -0.497 e. The third-order valence-electron chi connectivity index (χ3n) is 5.59. The lowest BCUT2D eigenvalue weighted by molar-refractivity contribution is -0.117. The van der Waals surface area contributed by atoms with Gasteiger partial charge in [-0.3, -0.25) is 9.10 Å². The Bertz CT molecular complexity index is 1280. The Balaban J connectivity index is 1.83. The number of carbonyl (C=O) groups excluding carboxylic acids is 1. The predicted octanol–water partition coefficient (Wildman–Crippen LogP) is 4.11. The number of hydrogen-bond acceptors (Lipinski definition) is 4. The molecule has 3 aromatic carbocycles. The molecule has 0 saturated heterocycles. The fourth-order valence-corrected chi connectivity index (χ4v) is 5.31. The zero-order chi connectivity index (χ0) is 22.9. The van der Waals surface area contributed by atoms with Crippen LogP contribution in [0.5, 0.6) is 5.75 Å². The number of nitrogens with zero attached hydrogens (tertiary/aromatic N) is 1. The predicted molar refractivity (Wildman–Crippen MR) is 126 cm³/mol. The largest absolute Gasteiger partial charge is 0.497 e. The molecule has 0 bridgehead atoms. The van der Waals surface area contributed by atoms with Gasteiger partial charge in [0.1, 0.15) is 5.75 Å². The minimum absolute atomic E-state index is 0.259. The maximum Gasteiger partial charge on any atom is 0.270 e. The number of nitrogens with one attached hydrogen (secondary N) is 1. The molecule has 1 heterocycles. The lowest BCUT2D eigenvalue weighted by Gasteiger charge is -2.31. The molecule has 0 aliphatic carbocycles. The Hall–Kier alpha value is -3.58. The molecule has 4 rings (SSSR count). The fraction of sp³-hybridized carbons (Fsp3) is 0.160. The summed E-state index contributed by atoms with van der Waals surface area (Å²) in [4.78, 5) is 13.2. The van der Waals surface area contributed by atoms with E-state index in [1.165, 1.54) is 11.4 Å². The van der Waals surface area contributed by atoms with E-state index in [4.69, 9.17) is 4.74 Å². The van der Waals surface area contributed by atoms with Crippen LogP contribution < -0.4 is 14.4 Å². The number of methoxy groups -OCH3 is 1. The Kier molecular flexibility index (Phi) is 5.76. The van der Waals surface area contributed by atoms with E-state index in [2.05, 4.69) is 5.32 Å². The molecule has 1 aliphatic heterocycles. The molecule has 1 amide bonds. The number of hydrogen-bond donors (Lipinski definition) is 1. The van der Waals surface area contributed by atoms with Gasteiger partial charge in [-0.15, -0.1) is 0 Å². The van der Waals surface area contributed by atoms with Gasteiger partial charge in [-0.2, -0.15) is 0 Å². The lowest BCUT2D eigenvalue weighted by atomic mass is 9.95. The SMILES string of the molecule is COc1ccc(C(C)NC(=O)C2=C(c3ccccc3)c3ccccc3N(C)S2(=O)=O)cc1. The van der Waals surface area contributed by atoms with Crippen LogP contribution in [0, 0.1) is 0 Å². The summed E-state index contributed by atoms with van der Waals surface area (Å²) in [6.45, 7) is 1.82. The minimum atomic E-state index is -4.07. The molecule has 32 heavy (non-hydrogen) atoms. The smallest absolute Gasteiger partial charge is 0.270 e. The summed E-state index contributed by atoms with van der Waals surface area (Å²) in [5, 5.41) is 2.87. The number of carbonyl (C=O) groups is 1. The summed E-state index contributed by atoms with van der Waals surface area (Å²) in [7, 11) is -1.02. The second kappa shape index (κ2) is 8.51. The second-order valence-electron chi connectivity index (χ2n) is 7.53. The van der Waals surface area contributed by atoms with E-state index in [0.29, 0.717) is 28.1 Å². The van der Waals surface area contributed by atoms with Crippen LogP contribution in [-0.2, 0) is 14.8 Å². The number of benzene rings is 3. The van der Waals surface area contributed by atoms with Gasteiger partial charge in [0.25, 0.3) is 15.9 Å². The van der Waals surface area contributed by atoms with Gasteiger partial charge in [0, 0.05) is 18.2 Å². The monoisotopic (exact) mass is 448 g/mol. The first-order chi connectivity index (χ1) is 15.3. The van der Waals surface area contributed by atoms with Crippen LogP contribution in [0.4, 0.5) is 5.69 Å². The molecule has 0 radical (unpaired) electrons. The zero-order valence-electron chi connectivity index (χ0n) is 18.1. The Morgan fingerprint density at radius 2 is 1.56 bits per heavy atom. The quantitative estimate of drug-likeness (QED) is 0.637. The van der Waals surface area contributed by atoms with Crippen LogP contribution in [0.15, 0.2) is 83.8 Å². The molecule has 0 saturated carbocycles. The van der Waals surface area contributed by atoms with Crippen molar-refractivity contribution in [3.05, 3.63) is 100 Å². The molecule has 3 aromatic rings. The van der Waals surface area contributed by atoms with E-state index in [-0.39, 0.29) is 4.91 Å². The van der Waals surface area contributed by atoms with Crippen LogP contribution in [0.3, 0.4) is 0 Å². The van der Waals surface area contributed by atoms with Crippen molar-refractivity contribution < 1.29 is 17.9 Å². The van der Waals surface area contributed by atoms with Gasteiger partial charge in [-0.25, -0.2) is 8.42 Å². The van der Waals surface area contributed by atoms with Crippen LogP contribution >= 0.6 is 0 Å². The van der Waals surface area contributed by atoms with Gasteiger partial charge in [0.15, 0.2) is 4.91 Å². The number of sulfonamides is 1. The molecular weight excluding hydrogens is 424 g/mol. The van der Waals surface area contributed by atoms with Crippen molar-refractivity contribution in [3.8, 4) is 5.75 Å². The van der Waals surface area contributed by atoms with Gasteiger partial charge in [0.05, 0.1) is 18.8 Å². The molecule has 1 atom stereocenters. The summed E-state index contributed by atoms with van der Waals surface area (Å²) in [6, 6.07) is 23.2. The standard InChI is InChI=1S/C25H24N2O4S/c1-17(18-13-15-20(31-3)16-14-18)26-25(28)24-23(19-9-5-4-6-10-19)21-11-7-8-12-22(21)27(2)32(24,29)30/h4-17H,1-3H3,(H,26,28). The van der Waals surface area contributed by atoms with E-state index in [9.17, 15) is 13.2 Å². The molecule has 0 spiro atoms. The van der Waals surface area contributed by atoms with Gasteiger partial charge in [-0.05, 0) is 36.2 Å². The number of rotatable bonds is 5. The normalized spacial score (nSPS) is 15.7. The number of para-hydroxylation sites is 1. The van der Waals surface area contributed by atoms with Crippen molar-refractivity contribution in [2.45, 2.75) is 13.0 Å². The number of anilines is 1. The topological polar surface area (TPSA) is 75.7 Å². The maximum absolute atomic E-state index is 13.5. The fourth-order valence-electron chi connectivity index (χ4n) is 3.84. The van der Waals surface area contributed by atoms with Crippen molar-refractivity contribution in [2.75, 3.05) is 18.5 Å². The molecule has 1 unspecified atom stereocenters. The summed E-state index contributed by atoms with van der Waals surface area (Å²) in [5.41, 5.74) is 3.13. The third kappa shape index (κ3) is 3.76. The summed E-state index contributed by atoms with van der Waals surface area (Å²) < 4.78 is 33.3. The highest BCUT2D eigenvalue weighted by Gasteiger charge is 2.39. The summed E-state index contributed by atoms with van der Waals surface area (Å²) >= 11 is 0. The highest BCUT2D eigenvalue weighted by Crippen LogP contribution is 2.42.